The minimum atomic E-state index is -0.495. The first kappa shape index (κ1) is 13.9. The zero-order valence-electron chi connectivity index (χ0n) is 9.89. The van der Waals surface area contributed by atoms with Crippen molar-refractivity contribution in [3.8, 4) is 0 Å². The van der Waals surface area contributed by atoms with E-state index in [4.69, 9.17) is 11.6 Å². The third-order valence-corrected chi connectivity index (χ3v) is 2.62. The molecule has 1 rings (SSSR count). The quantitative estimate of drug-likeness (QED) is 0.853. The molecule has 3 nitrogen and oxygen atoms in total. The molecule has 0 saturated carbocycles. The van der Waals surface area contributed by atoms with E-state index in [1.807, 2.05) is 13.8 Å². The molecule has 0 fully saturated rings. The predicted octanol–water partition coefficient (Wildman–Crippen LogP) is 2.66. The number of rotatable bonds is 5. The molecule has 1 unspecified atom stereocenters. The highest BCUT2D eigenvalue weighted by Gasteiger charge is 2.12. The molecule has 0 spiro atoms. The van der Waals surface area contributed by atoms with E-state index in [2.05, 4.69) is 10.6 Å². The van der Waals surface area contributed by atoms with Crippen LogP contribution in [0.15, 0.2) is 18.2 Å². The van der Waals surface area contributed by atoms with E-state index >= 15 is 0 Å². The lowest BCUT2D eigenvalue weighted by Crippen LogP contribution is -2.30. The second-order valence-electron chi connectivity index (χ2n) is 3.83. The molecule has 94 valence electrons. The summed E-state index contributed by atoms with van der Waals surface area (Å²) in [6, 6.07) is 4.11. The van der Waals surface area contributed by atoms with Gasteiger partial charge in [-0.1, -0.05) is 25.4 Å². The van der Waals surface area contributed by atoms with Gasteiger partial charge in [-0.05, 0) is 24.7 Å². The minimum absolute atomic E-state index is 0.00198. The van der Waals surface area contributed by atoms with Crippen LogP contribution in [0.3, 0.4) is 0 Å². The lowest BCUT2D eigenvalue weighted by molar-refractivity contribution is -0.119. The average molecular weight is 259 g/mol. The van der Waals surface area contributed by atoms with Crippen LogP contribution in [-0.2, 0) is 4.79 Å². The summed E-state index contributed by atoms with van der Waals surface area (Å²) < 4.78 is 12.9. The van der Waals surface area contributed by atoms with Gasteiger partial charge in [0.05, 0.1) is 5.02 Å². The van der Waals surface area contributed by atoms with Crippen molar-refractivity contribution in [2.45, 2.75) is 13.8 Å². The van der Waals surface area contributed by atoms with Crippen LogP contribution in [0.1, 0.15) is 13.8 Å². The van der Waals surface area contributed by atoms with Crippen LogP contribution in [0.25, 0.3) is 0 Å². The Balaban J connectivity index is 2.58. The number of amides is 1. The minimum Gasteiger partial charge on any atom is -0.326 e. The lowest BCUT2D eigenvalue weighted by atomic mass is 10.1. The van der Waals surface area contributed by atoms with Crippen molar-refractivity contribution >= 4 is 23.2 Å². The number of anilines is 1. The fourth-order valence-electron chi connectivity index (χ4n) is 1.29. The van der Waals surface area contributed by atoms with Crippen molar-refractivity contribution < 1.29 is 9.18 Å². The molecular formula is C12H16ClFN2O. The van der Waals surface area contributed by atoms with Crippen LogP contribution in [0.2, 0.25) is 5.02 Å². The van der Waals surface area contributed by atoms with Crippen LogP contribution in [0.5, 0.6) is 0 Å². The van der Waals surface area contributed by atoms with Gasteiger partial charge in [0.1, 0.15) is 5.82 Å². The number of hydrogen-bond donors (Lipinski definition) is 2. The Morgan fingerprint density at radius 1 is 1.53 bits per heavy atom. The molecule has 1 amide bonds. The van der Waals surface area contributed by atoms with Crippen molar-refractivity contribution in [3.63, 3.8) is 0 Å². The topological polar surface area (TPSA) is 41.1 Å². The summed E-state index contributed by atoms with van der Waals surface area (Å²) in [6.07, 6.45) is 0. The Bertz CT molecular complexity index is 398. The first-order valence-electron chi connectivity index (χ1n) is 5.51. The Kier molecular flexibility index (Phi) is 5.38. The number of carbonyl (C=O) groups is 1. The summed E-state index contributed by atoms with van der Waals surface area (Å²) in [6.45, 7) is 5.23. The molecule has 2 N–H and O–H groups in total. The number of carbonyl (C=O) groups excluding carboxylic acids is 1. The second-order valence-corrected chi connectivity index (χ2v) is 4.23. The number of halogens is 2. The Labute approximate surface area is 105 Å². The van der Waals surface area contributed by atoms with Gasteiger partial charge in [0.25, 0.3) is 0 Å². The normalized spacial score (nSPS) is 12.2. The Morgan fingerprint density at radius 3 is 2.82 bits per heavy atom. The maximum absolute atomic E-state index is 12.9. The largest absolute Gasteiger partial charge is 0.326 e. The molecule has 1 aromatic carbocycles. The maximum Gasteiger partial charge on any atom is 0.228 e. The van der Waals surface area contributed by atoms with Gasteiger partial charge in [-0.15, -0.1) is 0 Å². The molecule has 0 heterocycles. The first-order chi connectivity index (χ1) is 8.04. The second kappa shape index (κ2) is 6.57. The van der Waals surface area contributed by atoms with Gasteiger partial charge in [-0.2, -0.15) is 0 Å². The molecular weight excluding hydrogens is 243 g/mol. The molecule has 0 radical (unpaired) electrons. The summed E-state index contributed by atoms with van der Waals surface area (Å²) in [5, 5.41) is 5.78. The van der Waals surface area contributed by atoms with E-state index < -0.39 is 5.82 Å². The molecule has 0 aliphatic heterocycles. The molecule has 0 aromatic heterocycles. The summed E-state index contributed by atoms with van der Waals surface area (Å²) in [7, 11) is 0. The maximum atomic E-state index is 12.9. The van der Waals surface area contributed by atoms with Crippen LogP contribution in [0.4, 0.5) is 10.1 Å². The monoisotopic (exact) mass is 258 g/mol. The smallest absolute Gasteiger partial charge is 0.228 e. The number of nitrogens with one attached hydrogen (secondary N) is 2. The van der Waals surface area contributed by atoms with Crippen LogP contribution >= 0.6 is 11.6 Å². The first-order valence-corrected chi connectivity index (χ1v) is 5.89. The van der Waals surface area contributed by atoms with Gasteiger partial charge in [-0.3, -0.25) is 4.79 Å². The molecule has 0 bridgehead atoms. The summed E-state index contributed by atoms with van der Waals surface area (Å²) in [5.74, 6) is -0.766. The fraction of sp³-hybridized carbons (Fsp3) is 0.417. The van der Waals surface area contributed by atoms with Crippen molar-refractivity contribution in [2.24, 2.45) is 5.92 Å². The van der Waals surface area contributed by atoms with E-state index in [1.165, 1.54) is 18.2 Å². The number of benzene rings is 1. The molecule has 0 aliphatic rings. The van der Waals surface area contributed by atoms with Crippen LogP contribution in [-0.4, -0.2) is 19.0 Å². The third-order valence-electron chi connectivity index (χ3n) is 2.34. The van der Waals surface area contributed by atoms with Crippen LogP contribution < -0.4 is 10.6 Å². The summed E-state index contributed by atoms with van der Waals surface area (Å²) in [5.41, 5.74) is 0.504. The fourth-order valence-corrected chi connectivity index (χ4v) is 1.47. The van der Waals surface area contributed by atoms with E-state index in [9.17, 15) is 9.18 Å². The van der Waals surface area contributed by atoms with Crippen molar-refractivity contribution in [3.05, 3.63) is 29.0 Å². The number of hydrogen-bond acceptors (Lipinski definition) is 2. The zero-order valence-corrected chi connectivity index (χ0v) is 10.6. The molecule has 0 aliphatic carbocycles. The van der Waals surface area contributed by atoms with Crippen molar-refractivity contribution in [2.75, 3.05) is 18.4 Å². The van der Waals surface area contributed by atoms with Gasteiger partial charge in [0, 0.05) is 18.2 Å². The average Bonchev–Trinajstić information content (AvgIpc) is 2.30. The van der Waals surface area contributed by atoms with Crippen molar-refractivity contribution in [1.82, 2.24) is 5.32 Å². The molecule has 1 atom stereocenters. The standard InChI is InChI=1S/C12H16ClFN2O/c1-3-15-7-8(2)12(17)16-9-4-5-11(14)10(13)6-9/h4-6,8,15H,3,7H2,1-2H3,(H,16,17). The lowest BCUT2D eigenvalue weighted by Gasteiger charge is -2.12. The van der Waals surface area contributed by atoms with Gasteiger partial charge in [0.2, 0.25) is 5.91 Å². The van der Waals surface area contributed by atoms with Gasteiger partial charge in [0.15, 0.2) is 0 Å². The third kappa shape index (κ3) is 4.32. The van der Waals surface area contributed by atoms with Gasteiger partial charge >= 0.3 is 0 Å². The Morgan fingerprint density at radius 2 is 2.24 bits per heavy atom. The molecule has 1 aromatic rings. The zero-order chi connectivity index (χ0) is 12.8. The Hall–Kier alpha value is -1.13. The highest BCUT2D eigenvalue weighted by atomic mass is 35.5. The molecule has 0 saturated heterocycles. The van der Waals surface area contributed by atoms with Gasteiger partial charge in [-0.25, -0.2) is 4.39 Å². The van der Waals surface area contributed by atoms with Gasteiger partial charge < -0.3 is 10.6 Å². The summed E-state index contributed by atoms with van der Waals surface area (Å²) >= 11 is 5.62. The van der Waals surface area contributed by atoms with Crippen molar-refractivity contribution in [1.29, 1.82) is 0 Å². The summed E-state index contributed by atoms with van der Waals surface area (Å²) in [4.78, 5) is 11.7. The predicted molar refractivity (Wildman–Crippen MR) is 67.7 cm³/mol. The van der Waals surface area contributed by atoms with Crippen LogP contribution in [0, 0.1) is 11.7 Å². The highest BCUT2D eigenvalue weighted by Crippen LogP contribution is 2.19. The van der Waals surface area contributed by atoms with E-state index in [0.717, 1.165) is 6.54 Å². The molecule has 17 heavy (non-hydrogen) atoms. The SMILES string of the molecule is CCNCC(C)C(=O)Nc1ccc(F)c(Cl)c1. The molecule has 5 heteroatoms. The van der Waals surface area contributed by atoms with E-state index in [-0.39, 0.29) is 16.8 Å². The van der Waals surface area contributed by atoms with E-state index in [0.29, 0.717) is 12.2 Å². The van der Waals surface area contributed by atoms with E-state index in [1.54, 1.807) is 0 Å². The highest BCUT2D eigenvalue weighted by molar-refractivity contribution is 6.31.